The molecule has 10 heteroatoms. The fraction of sp³-hybridized carbons (Fsp3) is 0.188. The van der Waals surface area contributed by atoms with Gasteiger partial charge in [-0.2, -0.15) is 13.2 Å². The third-order valence-corrected chi connectivity index (χ3v) is 3.45. The summed E-state index contributed by atoms with van der Waals surface area (Å²) in [5.74, 6) is -5.61. The lowest BCUT2D eigenvalue weighted by atomic mass is 10.1. The highest BCUT2D eigenvalue weighted by molar-refractivity contribution is 6.28. The van der Waals surface area contributed by atoms with E-state index in [1.807, 2.05) is 0 Å². The molecule has 2 rings (SSSR count). The highest BCUT2D eigenvalue weighted by atomic mass is 35.5. The van der Waals surface area contributed by atoms with Gasteiger partial charge >= 0.3 is 6.18 Å². The van der Waals surface area contributed by atoms with Gasteiger partial charge < -0.3 is 10.5 Å². The second kappa shape index (κ2) is 7.45. The maximum Gasteiger partial charge on any atom is 0.416 e. The number of hydrogen-bond donors (Lipinski definition) is 1. The molecule has 3 nitrogen and oxygen atoms in total. The third-order valence-electron chi connectivity index (χ3n) is 3.18. The van der Waals surface area contributed by atoms with Crippen molar-refractivity contribution in [2.75, 3.05) is 5.88 Å². The summed E-state index contributed by atoms with van der Waals surface area (Å²) in [6.45, 7) is 1.35. The SMILES string of the molecule is Cc1cc(Oc2c(F)cc(C(F)(F)F)cc2F)c(N=C(N)CCl)cc1F. The van der Waals surface area contributed by atoms with Crippen LogP contribution < -0.4 is 10.5 Å². The maximum absolute atomic E-state index is 13.9. The van der Waals surface area contributed by atoms with Crippen molar-refractivity contribution < 1.29 is 31.1 Å². The molecule has 0 aliphatic carbocycles. The number of rotatable bonds is 4. The average molecular weight is 397 g/mol. The first kappa shape index (κ1) is 19.9. The van der Waals surface area contributed by atoms with Crippen LogP contribution in [0.5, 0.6) is 11.5 Å². The van der Waals surface area contributed by atoms with Gasteiger partial charge in [0.1, 0.15) is 17.3 Å². The van der Waals surface area contributed by atoms with Crippen LogP contribution in [-0.2, 0) is 6.18 Å². The van der Waals surface area contributed by atoms with E-state index in [1.54, 1.807) is 0 Å². The molecular formula is C16H11ClF6N2O. The summed E-state index contributed by atoms with van der Waals surface area (Å²) < 4.78 is 84.4. The quantitative estimate of drug-likeness (QED) is 0.323. The summed E-state index contributed by atoms with van der Waals surface area (Å²) in [4.78, 5) is 3.76. The molecular weight excluding hydrogens is 386 g/mol. The summed E-state index contributed by atoms with van der Waals surface area (Å²) in [6.07, 6.45) is -4.93. The highest BCUT2D eigenvalue weighted by Gasteiger charge is 2.33. The van der Waals surface area contributed by atoms with Crippen LogP contribution in [0.1, 0.15) is 11.1 Å². The number of amidine groups is 1. The van der Waals surface area contributed by atoms with E-state index in [4.69, 9.17) is 22.1 Å². The number of nitrogens with two attached hydrogens (primary N) is 1. The van der Waals surface area contributed by atoms with Crippen molar-refractivity contribution in [3.05, 3.63) is 52.8 Å². The fourth-order valence-electron chi connectivity index (χ4n) is 1.93. The Hall–Kier alpha value is -2.42. The smallest absolute Gasteiger partial charge is 0.416 e. The van der Waals surface area contributed by atoms with Crippen molar-refractivity contribution in [2.24, 2.45) is 10.7 Å². The monoisotopic (exact) mass is 396 g/mol. The normalized spacial score (nSPS) is 12.4. The number of alkyl halides is 4. The Labute approximate surface area is 149 Å². The van der Waals surface area contributed by atoms with Crippen molar-refractivity contribution in [3.63, 3.8) is 0 Å². The van der Waals surface area contributed by atoms with E-state index in [0.29, 0.717) is 0 Å². The van der Waals surface area contributed by atoms with E-state index in [-0.39, 0.29) is 40.8 Å². The zero-order valence-corrected chi connectivity index (χ0v) is 13.9. The van der Waals surface area contributed by atoms with Gasteiger partial charge in [0.15, 0.2) is 23.1 Å². The Bertz CT molecular complexity index is 844. The first-order valence-corrected chi connectivity index (χ1v) is 7.49. The Balaban J connectivity index is 2.53. The van der Waals surface area contributed by atoms with E-state index in [1.165, 1.54) is 6.92 Å². The van der Waals surface area contributed by atoms with E-state index >= 15 is 0 Å². The molecule has 0 saturated carbocycles. The van der Waals surface area contributed by atoms with Crippen LogP contribution in [0.25, 0.3) is 0 Å². The second-order valence-electron chi connectivity index (χ2n) is 5.17. The minimum atomic E-state index is -4.93. The van der Waals surface area contributed by atoms with Crippen LogP contribution in [0.4, 0.5) is 32.0 Å². The summed E-state index contributed by atoms with van der Waals surface area (Å²) in [7, 11) is 0. The predicted octanol–water partition coefficient (Wildman–Crippen LogP) is 5.45. The van der Waals surface area contributed by atoms with Crippen LogP contribution in [0.3, 0.4) is 0 Å². The molecule has 0 aliphatic heterocycles. The Morgan fingerprint density at radius 3 is 2.15 bits per heavy atom. The second-order valence-corrected chi connectivity index (χ2v) is 5.44. The van der Waals surface area contributed by atoms with Crippen LogP contribution in [0, 0.1) is 24.4 Å². The zero-order valence-electron chi connectivity index (χ0n) is 13.1. The Morgan fingerprint density at radius 1 is 1.08 bits per heavy atom. The molecule has 0 fully saturated rings. The molecule has 0 aromatic heterocycles. The summed E-state index contributed by atoms with van der Waals surface area (Å²) >= 11 is 5.48. The van der Waals surface area contributed by atoms with Crippen molar-refractivity contribution in [2.45, 2.75) is 13.1 Å². The zero-order chi connectivity index (χ0) is 19.6. The van der Waals surface area contributed by atoms with Gasteiger partial charge in [-0.15, -0.1) is 11.6 Å². The molecule has 2 aromatic rings. The van der Waals surface area contributed by atoms with Gasteiger partial charge in [-0.05, 0) is 30.7 Å². The lowest BCUT2D eigenvalue weighted by molar-refractivity contribution is -0.138. The topological polar surface area (TPSA) is 47.6 Å². The van der Waals surface area contributed by atoms with E-state index < -0.39 is 34.9 Å². The van der Waals surface area contributed by atoms with E-state index in [0.717, 1.165) is 12.1 Å². The molecule has 0 amide bonds. The van der Waals surface area contributed by atoms with Crippen LogP contribution in [0.2, 0.25) is 0 Å². The van der Waals surface area contributed by atoms with Gasteiger partial charge in [-0.3, -0.25) is 0 Å². The summed E-state index contributed by atoms with van der Waals surface area (Å²) in [6, 6.07) is 2.14. The molecule has 0 heterocycles. The van der Waals surface area contributed by atoms with Gasteiger partial charge in [-0.1, -0.05) is 0 Å². The number of benzene rings is 2. The standard InChI is InChI=1S/C16H11ClF6N2O/c1-7-2-13(12(5-9(7)18)25-14(24)6-17)26-15-10(19)3-8(4-11(15)20)16(21,22)23/h2-5H,6H2,1H3,(H2,24,25). The number of hydrogen-bond acceptors (Lipinski definition) is 2. The Morgan fingerprint density at radius 2 is 1.65 bits per heavy atom. The highest BCUT2D eigenvalue weighted by Crippen LogP contribution is 2.39. The molecule has 0 spiro atoms. The van der Waals surface area contributed by atoms with Gasteiger partial charge in [0, 0.05) is 6.07 Å². The molecule has 2 aromatic carbocycles. The first-order chi connectivity index (χ1) is 12.0. The van der Waals surface area contributed by atoms with Crippen LogP contribution in [-0.4, -0.2) is 11.7 Å². The first-order valence-electron chi connectivity index (χ1n) is 6.96. The number of halogens is 7. The predicted molar refractivity (Wildman–Crippen MR) is 84.6 cm³/mol. The van der Waals surface area contributed by atoms with Gasteiger partial charge in [0.25, 0.3) is 0 Å². The summed E-state index contributed by atoms with van der Waals surface area (Å²) in [5.41, 5.74) is 3.76. The molecule has 0 bridgehead atoms. The molecule has 0 atom stereocenters. The lowest BCUT2D eigenvalue weighted by Gasteiger charge is -2.14. The third kappa shape index (κ3) is 4.40. The number of nitrogens with zero attached hydrogens (tertiary/aromatic N) is 1. The summed E-state index contributed by atoms with van der Waals surface area (Å²) in [5, 5.41) is 0. The lowest BCUT2D eigenvalue weighted by Crippen LogP contribution is -2.12. The van der Waals surface area contributed by atoms with Crippen LogP contribution >= 0.6 is 11.6 Å². The molecule has 0 radical (unpaired) electrons. The molecule has 0 aliphatic rings. The minimum Gasteiger partial charge on any atom is -0.449 e. The van der Waals surface area contributed by atoms with E-state index in [9.17, 15) is 26.3 Å². The molecule has 2 N–H and O–H groups in total. The molecule has 26 heavy (non-hydrogen) atoms. The van der Waals surface area contributed by atoms with Gasteiger partial charge in [-0.25, -0.2) is 18.2 Å². The minimum absolute atomic E-state index is 0.0520. The van der Waals surface area contributed by atoms with Crippen molar-refractivity contribution in [1.29, 1.82) is 0 Å². The van der Waals surface area contributed by atoms with Gasteiger partial charge in [0.2, 0.25) is 0 Å². The molecule has 0 unspecified atom stereocenters. The van der Waals surface area contributed by atoms with E-state index in [2.05, 4.69) is 4.99 Å². The van der Waals surface area contributed by atoms with Crippen molar-refractivity contribution >= 4 is 23.1 Å². The van der Waals surface area contributed by atoms with Gasteiger partial charge in [0.05, 0.1) is 11.4 Å². The fourth-order valence-corrected chi connectivity index (χ4v) is 1.99. The molecule has 140 valence electrons. The largest absolute Gasteiger partial charge is 0.449 e. The number of aliphatic imine (C=N–C) groups is 1. The maximum atomic E-state index is 13.9. The molecule has 0 saturated heterocycles. The van der Waals surface area contributed by atoms with Crippen molar-refractivity contribution in [1.82, 2.24) is 0 Å². The number of aryl methyl sites for hydroxylation is 1. The average Bonchev–Trinajstić information content (AvgIpc) is 2.53. The van der Waals surface area contributed by atoms with Crippen LogP contribution in [0.15, 0.2) is 29.3 Å². The van der Waals surface area contributed by atoms with Crippen molar-refractivity contribution in [3.8, 4) is 11.5 Å². The number of ether oxygens (including phenoxy) is 1. The Kier molecular flexibility index (Phi) is 5.70.